The Hall–Kier alpha value is -8.55. The third-order valence-electron chi connectivity index (χ3n) is 23.7. The van der Waals surface area contributed by atoms with E-state index in [1.54, 1.807) is 0 Å². The molecule has 106 heavy (non-hydrogen) atoms. The molecule has 11 aromatic carbocycles. The first-order chi connectivity index (χ1) is 49.6. The molecule has 6 heterocycles. The van der Waals surface area contributed by atoms with Crippen LogP contribution >= 0.6 is 23.5 Å². The molecule has 0 fully saturated rings. The number of nitrogens with zero attached hydrogens (tertiary/aromatic N) is 4. The van der Waals surface area contributed by atoms with Crippen molar-refractivity contribution in [1.82, 2.24) is 9.13 Å². The quantitative estimate of drug-likeness (QED) is 0.163. The van der Waals surface area contributed by atoms with Gasteiger partial charge in [0.05, 0.1) is 22.1 Å². The van der Waals surface area contributed by atoms with E-state index in [1.807, 2.05) is 23.5 Å². The van der Waals surface area contributed by atoms with Crippen molar-refractivity contribution in [3.63, 3.8) is 0 Å². The standard InChI is InChI=1S/C98H104B2N4S2/c1-91(2,3)57-41-58(92(4,5)6)44-63(43-57)103-79-49-61(95(13,14)15)47-71(97(19,20)21)87(79)99-73-55-74-84(56-83(73)105-85-53-65(51-81(103)89(85)99)101-75-37-29-25-33-67(75)68-34-26-30-38-76(68)101)106-86-54-66(102-77-39-31-27-35-69(77)70-36-28-32-40-78(70)102)52-82-90(86)100(74)88-72(98(22,23)24)48-62(96(16,17)18)50-80(88)104(82)64-45-59(93(7,8)9)42-60(46-64)94(10,11)12/h25-56H,1-24H3. The molecule has 0 unspecified atom stereocenters. The largest absolute Gasteiger partial charge is 0.311 e. The summed E-state index contributed by atoms with van der Waals surface area (Å²) in [6, 6.07) is 77.7. The van der Waals surface area contributed by atoms with Gasteiger partial charge in [0.2, 0.25) is 13.4 Å². The van der Waals surface area contributed by atoms with Crippen LogP contribution in [0.1, 0.15) is 211 Å². The molecular weight excluding hydrogens is 1320 g/mol. The van der Waals surface area contributed by atoms with Crippen LogP contribution in [0.2, 0.25) is 0 Å². The van der Waals surface area contributed by atoms with Crippen molar-refractivity contribution < 1.29 is 0 Å². The topological polar surface area (TPSA) is 16.3 Å². The lowest BCUT2D eigenvalue weighted by Crippen LogP contribution is -2.65. The molecule has 2 aromatic heterocycles. The third-order valence-corrected chi connectivity index (χ3v) is 26.0. The van der Waals surface area contributed by atoms with Crippen LogP contribution in [0.15, 0.2) is 214 Å². The first kappa shape index (κ1) is 70.4. The minimum Gasteiger partial charge on any atom is -0.311 e. The monoisotopic (exact) mass is 1420 g/mol. The molecule has 0 saturated heterocycles. The Bertz CT molecular complexity index is 5370. The minimum absolute atomic E-state index is 0.120. The van der Waals surface area contributed by atoms with Crippen molar-refractivity contribution >= 4 is 147 Å². The Morgan fingerprint density at radius 3 is 0.792 bits per heavy atom. The predicted octanol–water partition coefficient (Wildman–Crippen LogP) is 23.8. The maximum absolute atomic E-state index is 2.78. The van der Waals surface area contributed by atoms with Gasteiger partial charge in [0.25, 0.3) is 0 Å². The summed E-state index contributed by atoms with van der Waals surface area (Å²) < 4.78 is 5.13. The lowest BCUT2D eigenvalue weighted by atomic mass is 9.30. The van der Waals surface area contributed by atoms with Crippen molar-refractivity contribution in [1.29, 1.82) is 0 Å². The van der Waals surface area contributed by atoms with Crippen LogP contribution in [-0.4, -0.2) is 22.6 Å². The van der Waals surface area contributed by atoms with Crippen molar-refractivity contribution in [3.8, 4) is 11.4 Å². The first-order valence-electron chi connectivity index (χ1n) is 38.8. The minimum atomic E-state index is -0.243. The molecule has 4 nitrogen and oxygen atoms in total. The van der Waals surface area contributed by atoms with Gasteiger partial charge < -0.3 is 18.9 Å². The van der Waals surface area contributed by atoms with Crippen molar-refractivity contribution in [3.05, 3.63) is 239 Å². The molecule has 4 aliphatic heterocycles. The zero-order chi connectivity index (χ0) is 75.1. The average Bonchev–Trinajstić information content (AvgIpc) is 0.702. The van der Waals surface area contributed by atoms with Crippen LogP contribution in [0.3, 0.4) is 0 Å². The Morgan fingerprint density at radius 2 is 0.509 bits per heavy atom. The molecule has 0 radical (unpaired) electrons. The zero-order valence-corrected chi connectivity index (χ0v) is 68.9. The highest BCUT2D eigenvalue weighted by molar-refractivity contribution is 8.01. The summed E-state index contributed by atoms with van der Waals surface area (Å²) in [7, 11) is 0. The van der Waals surface area contributed by atoms with E-state index in [0.29, 0.717) is 0 Å². The zero-order valence-electron chi connectivity index (χ0n) is 67.2. The number of para-hydroxylation sites is 4. The van der Waals surface area contributed by atoms with E-state index in [2.05, 4.69) is 379 Å². The molecule has 0 spiro atoms. The van der Waals surface area contributed by atoms with Gasteiger partial charge in [-0.25, -0.2) is 0 Å². The highest BCUT2D eigenvalue weighted by atomic mass is 32.2. The second kappa shape index (κ2) is 23.5. The predicted molar refractivity (Wildman–Crippen MR) is 465 cm³/mol. The van der Waals surface area contributed by atoms with E-state index in [1.165, 1.54) is 186 Å². The maximum atomic E-state index is 2.78. The van der Waals surface area contributed by atoms with Gasteiger partial charge in [-0.2, -0.15) is 0 Å². The molecule has 8 heteroatoms. The summed E-state index contributed by atoms with van der Waals surface area (Å²) >= 11 is 4.00. The van der Waals surface area contributed by atoms with Gasteiger partial charge in [-0.3, -0.25) is 0 Å². The number of fused-ring (bicyclic) bond motifs is 14. The summed E-state index contributed by atoms with van der Waals surface area (Å²) in [4.78, 5) is 10.8. The molecule has 0 N–H and O–H groups in total. The average molecular weight is 1420 g/mol. The lowest BCUT2D eigenvalue weighted by Gasteiger charge is -2.46. The van der Waals surface area contributed by atoms with Crippen LogP contribution in [0.5, 0.6) is 0 Å². The van der Waals surface area contributed by atoms with E-state index >= 15 is 0 Å². The highest BCUT2D eigenvalue weighted by Crippen LogP contribution is 2.53. The molecule has 4 aliphatic rings. The smallest absolute Gasteiger partial charge is 0.249 e. The van der Waals surface area contributed by atoms with Crippen LogP contribution in [0.4, 0.5) is 34.1 Å². The summed E-state index contributed by atoms with van der Waals surface area (Å²) in [6.45, 7) is 57.8. The van der Waals surface area contributed by atoms with Gasteiger partial charge in [0.1, 0.15) is 0 Å². The highest BCUT2D eigenvalue weighted by Gasteiger charge is 2.50. The molecule has 0 aliphatic carbocycles. The number of rotatable bonds is 4. The molecule has 0 atom stereocenters. The lowest BCUT2D eigenvalue weighted by molar-refractivity contribution is 0.568. The van der Waals surface area contributed by atoms with Crippen LogP contribution in [0, 0.1) is 0 Å². The molecule has 0 amide bonds. The maximum Gasteiger partial charge on any atom is 0.249 e. The van der Waals surface area contributed by atoms with Crippen LogP contribution in [0.25, 0.3) is 55.0 Å². The molecule has 13 aromatic rings. The van der Waals surface area contributed by atoms with Gasteiger partial charge >= 0.3 is 0 Å². The molecule has 534 valence electrons. The van der Waals surface area contributed by atoms with Gasteiger partial charge in [-0.05, 0) is 201 Å². The first-order valence-corrected chi connectivity index (χ1v) is 40.4. The Labute approximate surface area is 641 Å². The van der Waals surface area contributed by atoms with Crippen molar-refractivity contribution in [2.75, 3.05) is 9.80 Å². The second-order valence-corrected chi connectivity index (χ2v) is 41.8. The SMILES string of the molecule is CC(C)(C)c1cc(N2c3cc(-n4c5ccccc5c5ccccc54)cc4c3B(c3cc5c(cc3S4)Sc3cc(-n4c6ccccc6c6ccccc64)cc4c3B5c3c(cc(C(C)(C)C)cc3C(C)(C)C)N4c3cc(C(C)(C)C)cc(C(C)(C)C)c3)c3c2cc(C(C)(C)C)cc3C(C)(C)C)cc(C(C)(C)C)c1. The molecule has 0 saturated carbocycles. The number of benzene rings is 11. The molecule has 17 rings (SSSR count). The van der Waals surface area contributed by atoms with Crippen LogP contribution < -0.4 is 42.6 Å². The van der Waals surface area contributed by atoms with Crippen molar-refractivity contribution in [2.24, 2.45) is 0 Å². The summed E-state index contributed by atoms with van der Waals surface area (Å²) in [5.41, 5.74) is 32.6. The van der Waals surface area contributed by atoms with Crippen molar-refractivity contribution in [2.45, 2.75) is 229 Å². The second-order valence-electron chi connectivity index (χ2n) is 39.6. The number of hydrogen-bond donors (Lipinski definition) is 0. The van der Waals surface area contributed by atoms with E-state index in [-0.39, 0.29) is 56.7 Å². The van der Waals surface area contributed by atoms with E-state index in [4.69, 9.17) is 0 Å². The molecular formula is C98H104B2N4S2. The van der Waals surface area contributed by atoms with E-state index in [0.717, 1.165) is 0 Å². The van der Waals surface area contributed by atoms with Gasteiger partial charge in [0, 0.05) is 86.6 Å². The number of anilines is 6. The van der Waals surface area contributed by atoms with E-state index in [9.17, 15) is 0 Å². The number of hydrogen-bond acceptors (Lipinski definition) is 4. The van der Waals surface area contributed by atoms with Gasteiger partial charge in [-0.1, -0.05) is 304 Å². The fraction of sp³-hybridized carbons (Fsp3) is 0.327. The van der Waals surface area contributed by atoms with E-state index < -0.39 is 0 Å². The van der Waals surface area contributed by atoms with Crippen LogP contribution in [-0.2, 0) is 43.3 Å². The third kappa shape index (κ3) is 11.2. The molecule has 0 bridgehead atoms. The fourth-order valence-electron chi connectivity index (χ4n) is 17.7. The van der Waals surface area contributed by atoms with Gasteiger partial charge in [0.15, 0.2) is 0 Å². The Kier molecular flexibility index (Phi) is 15.6. The Morgan fingerprint density at radius 1 is 0.236 bits per heavy atom. The summed E-state index contributed by atoms with van der Waals surface area (Å²) in [5.74, 6) is 0. The summed E-state index contributed by atoms with van der Waals surface area (Å²) in [5, 5.41) is 5.05. The number of aromatic nitrogens is 2. The Balaban J connectivity index is 1.02. The fourth-order valence-corrected chi connectivity index (χ4v) is 20.2. The summed E-state index contributed by atoms with van der Waals surface area (Å²) in [6.07, 6.45) is 0. The van der Waals surface area contributed by atoms with Gasteiger partial charge in [-0.15, -0.1) is 0 Å². The normalized spacial score (nSPS) is 14.6.